The van der Waals surface area contributed by atoms with E-state index in [1.165, 1.54) is 32.1 Å². The summed E-state index contributed by atoms with van der Waals surface area (Å²) in [5.41, 5.74) is 0. The zero-order valence-electron chi connectivity index (χ0n) is 8.00. The smallest absolute Gasteiger partial charge is 0.0571 e. The van der Waals surface area contributed by atoms with E-state index in [1.807, 2.05) is 0 Å². The summed E-state index contributed by atoms with van der Waals surface area (Å²) in [7, 11) is 0. The van der Waals surface area contributed by atoms with Gasteiger partial charge in [-0.05, 0) is 37.0 Å². The molecular formula is C11H20O. The van der Waals surface area contributed by atoms with Crippen LogP contribution < -0.4 is 0 Å². The van der Waals surface area contributed by atoms with E-state index in [2.05, 4.69) is 6.92 Å². The molecule has 0 radical (unpaired) electrons. The van der Waals surface area contributed by atoms with Crippen LogP contribution in [0.2, 0.25) is 0 Å². The van der Waals surface area contributed by atoms with Gasteiger partial charge in [-0.25, -0.2) is 0 Å². The largest absolute Gasteiger partial charge is 0.393 e. The third kappa shape index (κ3) is 2.01. The Balaban J connectivity index is 1.74. The minimum absolute atomic E-state index is 0.0300. The van der Waals surface area contributed by atoms with Crippen molar-refractivity contribution in [2.75, 3.05) is 0 Å². The van der Waals surface area contributed by atoms with Gasteiger partial charge in [0, 0.05) is 0 Å². The molecule has 0 aromatic heterocycles. The van der Waals surface area contributed by atoms with Crippen LogP contribution in [0.15, 0.2) is 0 Å². The molecule has 0 heterocycles. The van der Waals surface area contributed by atoms with Crippen molar-refractivity contribution in [1.82, 2.24) is 0 Å². The highest BCUT2D eigenvalue weighted by Gasteiger charge is 2.32. The maximum Gasteiger partial charge on any atom is 0.0571 e. The van der Waals surface area contributed by atoms with Crippen molar-refractivity contribution >= 4 is 0 Å². The van der Waals surface area contributed by atoms with Gasteiger partial charge < -0.3 is 5.11 Å². The fraction of sp³-hybridized carbons (Fsp3) is 1.00. The van der Waals surface area contributed by atoms with Gasteiger partial charge in [0.15, 0.2) is 0 Å². The van der Waals surface area contributed by atoms with Gasteiger partial charge in [0.05, 0.1) is 6.10 Å². The topological polar surface area (TPSA) is 20.2 Å². The second kappa shape index (κ2) is 3.37. The van der Waals surface area contributed by atoms with Crippen LogP contribution in [-0.4, -0.2) is 11.2 Å². The number of hydrogen-bond donors (Lipinski definition) is 1. The molecule has 2 fully saturated rings. The molecule has 2 aliphatic carbocycles. The summed E-state index contributed by atoms with van der Waals surface area (Å²) >= 11 is 0. The molecule has 3 unspecified atom stereocenters. The summed E-state index contributed by atoms with van der Waals surface area (Å²) in [5.74, 6) is 2.39. The molecule has 2 aliphatic rings. The Labute approximate surface area is 75.2 Å². The molecule has 2 saturated carbocycles. The van der Waals surface area contributed by atoms with Gasteiger partial charge in [-0.15, -0.1) is 0 Å². The molecule has 1 N–H and O–H groups in total. The van der Waals surface area contributed by atoms with E-state index >= 15 is 0 Å². The Morgan fingerprint density at radius 2 is 2.00 bits per heavy atom. The maximum atomic E-state index is 9.88. The van der Waals surface area contributed by atoms with Gasteiger partial charge in [0.1, 0.15) is 0 Å². The first-order chi connectivity index (χ1) is 5.75. The molecule has 12 heavy (non-hydrogen) atoms. The summed E-state index contributed by atoms with van der Waals surface area (Å²) in [5, 5.41) is 9.88. The maximum absolute atomic E-state index is 9.88. The molecule has 2 rings (SSSR count). The monoisotopic (exact) mass is 168 g/mol. The second-order valence-corrected chi connectivity index (χ2v) is 4.92. The first-order valence-electron chi connectivity index (χ1n) is 5.43. The van der Waals surface area contributed by atoms with Crippen LogP contribution in [-0.2, 0) is 0 Å². The van der Waals surface area contributed by atoms with Crippen LogP contribution >= 0.6 is 0 Å². The molecule has 0 aromatic carbocycles. The average molecular weight is 168 g/mol. The van der Waals surface area contributed by atoms with Crippen molar-refractivity contribution in [3.63, 3.8) is 0 Å². The molecule has 0 spiro atoms. The first kappa shape index (κ1) is 8.55. The third-order valence-corrected chi connectivity index (χ3v) is 3.55. The lowest BCUT2D eigenvalue weighted by atomic mass is 9.95. The molecule has 0 aromatic rings. The van der Waals surface area contributed by atoms with Crippen LogP contribution in [0, 0.1) is 17.8 Å². The number of hydrogen-bond acceptors (Lipinski definition) is 1. The quantitative estimate of drug-likeness (QED) is 0.686. The number of rotatable bonds is 3. The van der Waals surface area contributed by atoms with E-state index in [-0.39, 0.29) is 6.10 Å². The molecule has 3 atom stereocenters. The summed E-state index contributed by atoms with van der Waals surface area (Å²) < 4.78 is 0. The Hall–Kier alpha value is -0.0400. The Kier molecular flexibility index (Phi) is 2.40. The predicted molar refractivity (Wildman–Crippen MR) is 49.9 cm³/mol. The molecular weight excluding hydrogens is 148 g/mol. The van der Waals surface area contributed by atoms with Gasteiger partial charge in [-0.1, -0.05) is 26.2 Å². The van der Waals surface area contributed by atoms with E-state index in [9.17, 15) is 5.11 Å². The standard InChI is InChI=1S/C11H20O/c1-8-2-5-10(6-8)11(12)7-9-3-4-9/h8-12H,2-7H2,1H3. The molecule has 0 saturated heterocycles. The lowest BCUT2D eigenvalue weighted by Gasteiger charge is -2.17. The van der Waals surface area contributed by atoms with E-state index in [1.54, 1.807) is 0 Å². The van der Waals surface area contributed by atoms with Crippen molar-refractivity contribution in [2.24, 2.45) is 17.8 Å². The SMILES string of the molecule is CC1CCC(C(O)CC2CC2)C1. The summed E-state index contributed by atoms with van der Waals surface area (Å²) in [6.45, 7) is 2.31. The highest BCUT2D eigenvalue weighted by Crippen LogP contribution is 2.39. The van der Waals surface area contributed by atoms with Crippen molar-refractivity contribution in [3.8, 4) is 0 Å². The fourth-order valence-corrected chi connectivity index (χ4v) is 2.49. The van der Waals surface area contributed by atoms with Gasteiger partial charge in [0.2, 0.25) is 0 Å². The summed E-state index contributed by atoms with van der Waals surface area (Å²) in [4.78, 5) is 0. The first-order valence-corrected chi connectivity index (χ1v) is 5.43. The fourth-order valence-electron chi connectivity index (χ4n) is 2.49. The average Bonchev–Trinajstić information content (AvgIpc) is 2.72. The van der Waals surface area contributed by atoms with Crippen molar-refractivity contribution in [2.45, 2.75) is 51.6 Å². The van der Waals surface area contributed by atoms with Crippen molar-refractivity contribution in [1.29, 1.82) is 0 Å². The zero-order valence-corrected chi connectivity index (χ0v) is 8.00. The number of aliphatic hydroxyl groups excluding tert-OH is 1. The third-order valence-electron chi connectivity index (χ3n) is 3.55. The van der Waals surface area contributed by atoms with Crippen LogP contribution in [0.3, 0.4) is 0 Å². The zero-order chi connectivity index (χ0) is 8.55. The molecule has 0 bridgehead atoms. The Morgan fingerprint density at radius 3 is 2.50 bits per heavy atom. The van der Waals surface area contributed by atoms with E-state index in [4.69, 9.17) is 0 Å². The van der Waals surface area contributed by atoms with Crippen LogP contribution in [0.4, 0.5) is 0 Å². The molecule has 70 valence electrons. The summed E-state index contributed by atoms with van der Waals surface area (Å²) in [6, 6.07) is 0. The molecule has 0 amide bonds. The van der Waals surface area contributed by atoms with Crippen LogP contribution in [0.25, 0.3) is 0 Å². The van der Waals surface area contributed by atoms with Crippen LogP contribution in [0.5, 0.6) is 0 Å². The minimum atomic E-state index is 0.0300. The van der Waals surface area contributed by atoms with Crippen LogP contribution in [0.1, 0.15) is 45.4 Å². The van der Waals surface area contributed by atoms with Gasteiger partial charge in [0.25, 0.3) is 0 Å². The van der Waals surface area contributed by atoms with Crippen molar-refractivity contribution < 1.29 is 5.11 Å². The van der Waals surface area contributed by atoms with E-state index < -0.39 is 0 Å². The molecule has 0 aliphatic heterocycles. The van der Waals surface area contributed by atoms with E-state index in [0.717, 1.165) is 18.3 Å². The number of aliphatic hydroxyl groups is 1. The lowest BCUT2D eigenvalue weighted by Crippen LogP contribution is -2.18. The lowest BCUT2D eigenvalue weighted by molar-refractivity contribution is 0.0944. The highest BCUT2D eigenvalue weighted by atomic mass is 16.3. The van der Waals surface area contributed by atoms with Crippen molar-refractivity contribution in [3.05, 3.63) is 0 Å². The highest BCUT2D eigenvalue weighted by molar-refractivity contribution is 4.83. The van der Waals surface area contributed by atoms with Gasteiger partial charge in [-0.3, -0.25) is 0 Å². The minimum Gasteiger partial charge on any atom is -0.393 e. The second-order valence-electron chi connectivity index (χ2n) is 4.92. The normalized spacial score (nSPS) is 38.5. The molecule has 1 nitrogen and oxygen atoms in total. The van der Waals surface area contributed by atoms with Gasteiger partial charge in [-0.2, -0.15) is 0 Å². The predicted octanol–water partition coefficient (Wildman–Crippen LogP) is 2.58. The Morgan fingerprint density at radius 1 is 1.25 bits per heavy atom. The van der Waals surface area contributed by atoms with Gasteiger partial charge >= 0.3 is 0 Å². The Bertz CT molecular complexity index is 151. The molecule has 1 heteroatoms. The van der Waals surface area contributed by atoms with E-state index in [0.29, 0.717) is 5.92 Å². The summed E-state index contributed by atoms with van der Waals surface area (Å²) in [6.07, 6.45) is 7.76.